The van der Waals surface area contributed by atoms with Crippen LogP contribution in [-0.4, -0.2) is 29.4 Å². The third-order valence-electron chi connectivity index (χ3n) is 2.61. The molecular formula is C13H25NO3. The van der Waals surface area contributed by atoms with Gasteiger partial charge in [0.2, 0.25) is 0 Å². The topological polar surface area (TPSA) is 66.4 Å². The van der Waals surface area contributed by atoms with Crippen LogP contribution in [0.4, 0.5) is 0 Å². The Morgan fingerprint density at radius 3 is 2.41 bits per heavy atom. The highest BCUT2D eigenvalue weighted by molar-refractivity contribution is 5.87. The van der Waals surface area contributed by atoms with Crippen LogP contribution in [0.25, 0.3) is 0 Å². The average Bonchev–Trinajstić information content (AvgIpc) is 2.22. The zero-order valence-corrected chi connectivity index (χ0v) is 11.2. The predicted molar refractivity (Wildman–Crippen MR) is 68.0 cm³/mol. The van der Waals surface area contributed by atoms with Crippen molar-refractivity contribution in [2.24, 2.45) is 5.92 Å². The van der Waals surface area contributed by atoms with Gasteiger partial charge in [-0.25, -0.2) is 0 Å². The van der Waals surface area contributed by atoms with Gasteiger partial charge < -0.3 is 10.4 Å². The fourth-order valence-corrected chi connectivity index (χ4v) is 1.65. The van der Waals surface area contributed by atoms with Crippen LogP contribution in [-0.2, 0) is 9.59 Å². The molecule has 0 amide bonds. The van der Waals surface area contributed by atoms with Crippen LogP contribution in [0.2, 0.25) is 0 Å². The minimum absolute atomic E-state index is 0.0292. The number of carboxylic acid groups (broad SMARTS) is 1. The first-order chi connectivity index (χ1) is 7.97. The minimum Gasteiger partial charge on any atom is -0.481 e. The Hall–Kier alpha value is -0.900. The van der Waals surface area contributed by atoms with Crippen LogP contribution in [0.1, 0.15) is 52.9 Å². The van der Waals surface area contributed by atoms with Crippen molar-refractivity contribution < 1.29 is 14.7 Å². The summed E-state index contributed by atoms with van der Waals surface area (Å²) in [7, 11) is 0. The molecule has 0 aromatic carbocycles. The Labute approximate surface area is 104 Å². The fourth-order valence-electron chi connectivity index (χ4n) is 1.65. The number of carbonyl (C=O) groups is 2. The molecule has 0 aliphatic rings. The normalized spacial score (nSPS) is 12.7. The van der Waals surface area contributed by atoms with Gasteiger partial charge in [0.25, 0.3) is 0 Å². The molecule has 0 aliphatic carbocycles. The molecule has 2 N–H and O–H groups in total. The van der Waals surface area contributed by atoms with E-state index < -0.39 is 12.0 Å². The Balaban J connectivity index is 4.07. The zero-order chi connectivity index (χ0) is 13.3. The summed E-state index contributed by atoms with van der Waals surface area (Å²) in [5, 5.41) is 11.8. The number of rotatable bonds is 10. The molecular weight excluding hydrogens is 218 g/mol. The van der Waals surface area contributed by atoms with Crippen LogP contribution in [0, 0.1) is 5.92 Å². The van der Waals surface area contributed by atoms with E-state index in [9.17, 15) is 9.59 Å². The van der Waals surface area contributed by atoms with E-state index in [0.29, 0.717) is 18.9 Å². The zero-order valence-electron chi connectivity index (χ0n) is 11.2. The number of Topliss-reactive ketones (excluding diaryl/α,β-unsaturated/α-hetero) is 1. The number of carboxylic acids is 1. The lowest BCUT2D eigenvalue weighted by atomic mass is 10.00. The highest BCUT2D eigenvalue weighted by Crippen LogP contribution is 2.09. The first-order valence-electron chi connectivity index (χ1n) is 6.45. The summed E-state index contributed by atoms with van der Waals surface area (Å²) in [5.74, 6) is -0.304. The van der Waals surface area contributed by atoms with E-state index in [0.717, 1.165) is 19.3 Å². The van der Waals surface area contributed by atoms with Crippen LogP contribution >= 0.6 is 0 Å². The van der Waals surface area contributed by atoms with E-state index in [-0.39, 0.29) is 12.2 Å². The van der Waals surface area contributed by atoms with Crippen molar-refractivity contribution in [3.63, 3.8) is 0 Å². The van der Waals surface area contributed by atoms with E-state index in [1.54, 1.807) is 0 Å². The first kappa shape index (κ1) is 16.1. The second-order valence-corrected chi connectivity index (χ2v) is 4.86. The molecule has 0 rings (SSSR count). The Morgan fingerprint density at radius 1 is 1.29 bits per heavy atom. The molecule has 0 saturated heterocycles. The van der Waals surface area contributed by atoms with Gasteiger partial charge in [-0.1, -0.05) is 27.2 Å². The molecule has 100 valence electrons. The number of ketones is 1. The molecule has 17 heavy (non-hydrogen) atoms. The van der Waals surface area contributed by atoms with E-state index in [1.165, 1.54) is 0 Å². The van der Waals surface area contributed by atoms with Crippen LogP contribution < -0.4 is 5.32 Å². The molecule has 0 bridgehead atoms. The van der Waals surface area contributed by atoms with Crippen molar-refractivity contribution >= 4 is 11.8 Å². The van der Waals surface area contributed by atoms with E-state index in [2.05, 4.69) is 19.2 Å². The van der Waals surface area contributed by atoms with Crippen LogP contribution in [0.5, 0.6) is 0 Å². The largest absolute Gasteiger partial charge is 0.481 e. The van der Waals surface area contributed by atoms with E-state index >= 15 is 0 Å². The molecule has 0 radical (unpaired) electrons. The Kier molecular flexibility index (Phi) is 8.68. The monoisotopic (exact) mass is 243 g/mol. The smallest absolute Gasteiger partial charge is 0.305 e. The lowest BCUT2D eigenvalue weighted by molar-refractivity contribution is -0.139. The van der Waals surface area contributed by atoms with Crippen LogP contribution in [0.3, 0.4) is 0 Å². The number of aliphatic carboxylic acids is 1. The van der Waals surface area contributed by atoms with E-state index in [1.807, 2.05) is 6.92 Å². The number of hydrogen-bond acceptors (Lipinski definition) is 3. The summed E-state index contributed by atoms with van der Waals surface area (Å²) in [6.45, 7) is 6.92. The second kappa shape index (κ2) is 9.16. The lowest BCUT2D eigenvalue weighted by Crippen LogP contribution is -2.39. The molecule has 0 heterocycles. The van der Waals surface area contributed by atoms with Crippen molar-refractivity contribution in [2.45, 2.75) is 58.9 Å². The number of nitrogens with one attached hydrogen (secondary N) is 1. The molecule has 1 atom stereocenters. The van der Waals surface area contributed by atoms with Crippen molar-refractivity contribution in [1.82, 2.24) is 5.32 Å². The Bertz CT molecular complexity index is 239. The molecule has 1 unspecified atom stereocenters. The van der Waals surface area contributed by atoms with Crippen molar-refractivity contribution in [3.05, 3.63) is 0 Å². The molecule has 4 nitrogen and oxygen atoms in total. The summed E-state index contributed by atoms with van der Waals surface area (Å²) in [4.78, 5) is 22.5. The molecule has 4 heteroatoms. The quantitative estimate of drug-likeness (QED) is 0.617. The molecule has 0 aromatic rings. The van der Waals surface area contributed by atoms with Gasteiger partial charge in [0.1, 0.15) is 5.78 Å². The summed E-state index contributed by atoms with van der Waals surface area (Å²) >= 11 is 0. The highest BCUT2D eigenvalue weighted by Gasteiger charge is 2.20. The van der Waals surface area contributed by atoms with Gasteiger partial charge in [0, 0.05) is 6.42 Å². The Morgan fingerprint density at radius 2 is 1.94 bits per heavy atom. The SMILES string of the molecule is CCCNC(CC(=O)O)C(=O)CCCC(C)C. The maximum absolute atomic E-state index is 11.8. The fraction of sp³-hybridized carbons (Fsp3) is 0.846. The second-order valence-electron chi connectivity index (χ2n) is 4.86. The summed E-state index contributed by atoms with van der Waals surface area (Å²) < 4.78 is 0. The molecule has 0 aliphatic heterocycles. The summed E-state index contributed by atoms with van der Waals surface area (Å²) in [5.41, 5.74) is 0. The minimum atomic E-state index is -0.921. The third kappa shape index (κ3) is 8.86. The average molecular weight is 243 g/mol. The standard InChI is InChI=1S/C13H25NO3/c1-4-8-14-11(9-13(16)17)12(15)7-5-6-10(2)3/h10-11,14H,4-9H2,1-3H3,(H,16,17). The predicted octanol–water partition coefficient (Wildman–Crippen LogP) is 2.22. The van der Waals surface area contributed by atoms with Gasteiger partial charge in [-0.05, 0) is 25.3 Å². The van der Waals surface area contributed by atoms with E-state index in [4.69, 9.17) is 5.11 Å². The first-order valence-corrected chi connectivity index (χ1v) is 6.45. The maximum Gasteiger partial charge on any atom is 0.305 e. The molecule has 0 aromatic heterocycles. The number of carbonyl (C=O) groups excluding carboxylic acids is 1. The van der Waals surface area contributed by atoms with Crippen LogP contribution in [0.15, 0.2) is 0 Å². The molecule has 0 fully saturated rings. The molecule has 0 spiro atoms. The highest BCUT2D eigenvalue weighted by atomic mass is 16.4. The van der Waals surface area contributed by atoms with Gasteiger partial charge in [-0.3, -0.25) is 9.59 Å². The van der Waals surface area contributed by atoms with Crippen molar-refractivity contribution in [1.29, 1.82) is 0 Å². The van der Waals surface area contributed by atoms with Crippen molar-refractivity contribution in [2.75, 3.05) is 6.54 Å². The van der Waals surface area contributed by atoms with Crippen molar-refractivity contribution in [3.8, 4) is 0 Å². The van der Waals surface area contributed by atoms with Gasteiger partial charge >= 0.3 is 5.97 Å². The molecule has 0 saturated carbocycles. The van der Waals surface area contributed by atoms with Gasteiger partial charge in [-0.15, -0.1) is 0 Å². The van der Waals surface area contributed by atoms with Gasteiger partial charge in [0.15, 0.2) is 0 Å². The third-order valence-corrected chi connectivity index (χ3v) is 2.61. The lowest BCUT2D eigenvalue weighted by Gasteiger charge is -2.15. The number of hydrogen-bond donors (Lipinski definition) is 2. The maximum atomic E-state index is 11.8. The summed E-state index contributed by atoms with van der Waals surface area (Å²) in [6.07, 6.45) is 3.13. The van der Waals surface area contributed by atoms with Gasteiger partial charge in [-0.2, -0.15) is 0 Å². The summed E-state index contributed by atoms with van der Waals surface area (Å²) in [6, 6.07) is -0.514. The van der Waals surface area contributed by atoms with Gasteiger partial charge in [0.05, 0.1) is 12.5 Å².